The standard InChI is InChI=1S/C16H17NO/c1-3-16(13-7-5-4-6-8-13)17-14-9-11-15(18-2)12-10-14/h3-12,16-17H,1H2,2H3/t16-/m1/s1. The van der Waals surface area contributed by atoms with Crippen LogP contribution in [0.15, 0.2) is 67.3 Å². The van der Waals surface area contributed by atoms with E-state index in [2.05, 4.69) is 24.0 Å². The third kappa shape index (κ3) is 2.92. The van der Waals surface area contributed by atoms with E-state index in [4.69, 9.17) is 4.74 Å². The molecule has 0 saturated heterocycles. The molecule has 0 bridgehead atoms. The molecule has 2 nitrogen and oxygen atoms in total. The summed E-state index contributed by atoms with van der Waals surface area (Å²) < 4.78 is 5.14. The number of nitrogens with one attached hydrogen (secondary N) is 1. The maximum Gasteiger partial charge on any atom is 0.119 e. The first-order chi connectivity index (χ1) is 8.83. The zero-order valence-corrected chi connectivity index (χ0v) is 10.5. The lowest BCUT2D eigenvalue weighted by Crippen LogP contribution is -2.07. The normalized spacial score (nSPS) is 11.6. The van der Waals surface area contributed by atoms with Gasteiger partial charge < -0.3 is 10.1 Å². The Morgan fingerprint density at radius 2 is 1.72 bits per heavy atom. The van der Waals surface area contributed by atoms with Crippen LogP contribution in [-0.2, 0) is 0 Å². The van der Waals surface area contributed by atoms with Crippen LogP contribution < -0.4 is 10.1 Å². The van der Waals surface area contributed by atoms with Crippen LogP contribution in [0.1, 0.15) is 11.6 Å². The van der Waals surface area contributed by atoms with E-state index in [0.29, 0.717) is 0 Å². The molecule has 0 unspecified atom stereocenters. The minimum atomic E-state index is 0.111. The van der Waals surface area contributed by atoms with Gasteiger partial charge in [-0.1, -0.05) is 36.4 Å². The van der Waals surface area contributed by atoms with E-state index in [-0.39, 0.29) is 6.04 Å². The lowest BCUT2D eigenvalue weighted by Gasteiger charge is -2.16. The zero-order chi connectivity index (χ0) is 12.8. The van der Waals surface area contributed by atoms with Crippen molar-refractivity contribution in [1.29, 1.82) is 0 Å². The first kappa shape index (κ1) is 12.2. The number of benzene rings is 2. The number of anilines is 1. The Morgan fingerprint density at radius 3 is 2.28 bits per heavy atom. The summed E-state index contributed by atoms with van der Waals surface area (Å²) in [6, 6.07) is 18.2. The van der Waals surface area contributed by atoms with E-state index in [0.717, 1.165) is 11.4 Å². The van der Waals surface area contributed by atoms with Crippen molar-refractivity contribution in [1.82, 2.24) is 0 Å². The molecule has 18 heavy (non-hydrogen) atoms. The van der Waals surface area contributed by atoms with Crippen molar-refractivity contribution >= 4 is 5.69 Å². The van der Waals surface area contributed by atoms with Crippen LogP contribution in [0.3, 0.4) is 0 Å². The lowest BCUT2D eigenvalue weighted by molar-refractivity contribution is 0.415. The fourth-order valence-corrected chi connectivity index (χ4v) is 1.81. The third-order valence-electron chi connectivity index (χ3n) is 2.81. The molecule has 0 radical (unpaired) electrons. The molecule has 2 aromatic carbocycles. The molecule has 2 rings (SSSR count). The van der Waals surface area contributed by atoms with Gasteiger partial charge >= 0.3 is 0 Å². The van der Waals surface area contributed by atoms with Crippen LogP contribution in [0, 0.1) is 0 Å². The Kier molecular flexibility index (Phi) is 4.02. The maximum absolute atomic E-state index is 5.14. The number of ether oxygens (including phenoxy) is 1. The third-order valence-corrected chi connectivity index (χ3v) is 2.81. The fourth-order valence-electron chi connectivity index (χ4n) is 1.81. The second kappa shape index (κ2) is 5.92. The molecular weight excluding hydrogens is 222 g/mol. The Balaban J connectivity index is 2.13. The average molecular weight is 239 g/mol. The first-order valence-electron chi connectivity index (χ1n) is 5.91. The van der Waals surface area contributed by atoms with Crippen LogP contribution in [-0.4, -0.2) is 7.11 Å². The van der Waals surface area contributed by atoms with Gasteiger partial charge in [0.05, 0.1) is 13.2 Å². The highest BCUT2D eigenvalue weighted by Crippen LogP contribution is 2.22. The fraction of sp³-hybridized carbons (Fsp3) is 0.125. The monoisotopic (exact) mass is 239 g/mol. The van der Waals surface area contributed by atoms with Crippen molar-refractivity contribution in [2.45, 2.75) is 6.04 Å². The summed E-state index contributed by atoms with van der Waals surface area (Å²) in [5.74, 6) is 0.857. The van der Waals surface area contributed by atoms with Crippen LogP contribution in [0.5, 0.6) is 5.75 Å². The van der Waals surface area contributed by atoms with E-state index in [1.165, 1.54) is 5.56 Å². The molecule has 2 heteroatoms. The Labute approximate surface area is 108 Å². The Bertz CT molecular complexity index is 490. The summed E-state index contributed by atoms with van der Waals surface area (Å²) in [5, 5.41) is 3.42. The molecule has 0 aliphatic heterocycles. The summed E-state index contributed by atoms with van der Waals surface area (Å²) >= 11 is 0. The average Bonchev–Trinajstić information content (AvgIpc) is 2.46. The molecule has 0 aliphatic rings. The molecule has 2 aromatic rings. The van der Waals surface area contributed by atoms with Crippen molar-refractivity contribution < 1.29 is 4.74 Å². The number of methoxy groups -OCH3 is 1. The summed E-state index contributed by atoms with van der Waals surface area (Å²) in [6.07, 6.45) is 1.90. The predicted octanol–water partition coefficient (Wildman–Crippen LogP) is 4.03. The van der Waals surface area contributed by atoms with E-state index >= 15 is 0 Å². The molecule has 0 amide bonds. The van der Waals surface area contributed by atoms with Crippen molar-refractivity contribution in [3.8, 4) is 5.75 Å². The van der Waals surface area contributed by atoms with Gasteiger partial charge in [0.1, 0.15) is 5.75 Å². The Morgan fingerprint density at radius 1 is 1.06 bits per heavy atom. The molecule has 1 N–H and O–H groups in total. The van der Waals surface area contributed by atoms with Crippen LogP contribution in [0.2, 0.25) is 0 Å². The largest absolute Gasteiger partial charge is 0.497 e. The van der Waals surface area contributed by atoms with Gasteiger partial charge in [-0.15, -0.1) is 6.58 Å². The molecule has 0 aromatic heterocycles. The van der Waals surface area contributed by atoms with Gasteiger partial charge in [-0.2, -0.15) is 0 Å². The molecular formula is C16H17NO. The Hall–Kier alpha value is -2.22. The second-order valence-electron chi connectivity index (χ2n) is 4.00. The van der Waals surface area contributed by atoms with Gasteiger partial charge in [-0.25, -0.2) is 0 Å². The van der Waals surface area contributed by atoms with Gasteiger partial charge in [0, 0.05) is 5.69 Å². The maximum atomic E-state index is 5.14. The first-order valence-corrected chi connectivity index (χ1v) is 5.91. The van der Waals surface area contributed by atoms with Gasteiger partial charge in [0.15, 0.2) is 0 Å². The number of rotatable bonds is 5. The highest BCUT2D eigenvalue weighted by molar-refractivity contribution is 5.49. The van der Waals surface area contributed by atoms with Crippen molar-refractivity contribution in [3.05, 3.63) is 72.8 Å². The van der Waals surface area contributed by atoms with Gasteiger partial charge in [-0.05, 0) is 29.8 Å². The topological polar surface area (TPSA) is 21.3 Å². The van der Waals surface area contributed by atoms with E-state index < -0.39 is 0 Å². The molecule has 0 spiro atoms. The van der Waals surface area contributed by atoms with Crippen LogP contribution in [0.25, 0.3) is 0 Å². The molecule has 92 valence electrons. The summed E-state index contributed by atoms with van der Waals surface area (Å²) in [4.78, 5) is 0. The predicted molar refractivity (Wildman–Crippen MR) is 76.0 cm³/mol. The minimum Gasteiger partial charge on any atom is -0.497 e. The second-order valence-corrected chi connectivity index (χ2v) is 4.00. The molecule has 0 aliphatic carbocycles. The van der Waals surface area contributed by atoms with Crippen molar-refractivity contribution in [2.75, 3.05) is 12.4 Å². The lowest BCUT2D eigenvalue weighted by atomic mass is 10.1. The smallest absolute Gasteiger partial charge is 0.119 e. The highest BCUT2D eigenvalue weighted by atomic mass is 16.5. The summed E-state index contributed by atoms with van der Waals surface area (Å²) in [7, 11) is 1.67. The summed E-state index contributed by atoms with van der Waals surface area (Å²) in [5.41, 5.74) is 2.24. The molecule has 1 atom stereocenters. The highest BCUT2D eigenvalue weighted by Gasteiger charge is 2.06. The van der Waals surface area contributed by atoms with E-state index in [9.17, 15) is 0 Å². The SMILES string of the molecule is C=C[C@@H](Nc1ccc(OC)cc1)c1ccccc1. The van der Waals surface area contributed by atoms with Gasteiger partial charge in [0.2, 0.25) is 0 Å². The quantitative estimate of drug-likeness (QED) is 0.795. The van der Waals surface area contributed by atoms with E-state index in [1.807, 2.05) is 48.5 Å². The van der Waals surface area contributed by atoms with Crippen LogP contribution >= 0.6 is 0 Å². The van der Waals surface area contributed by atoms with Crippen molar-refractivity contribution in [2.24, 2.45) is 0 Å². The number of hydrogen-bond acceptors (Lipinski definition) is 2. The number of hydrogen-bond donors (Lipinski definition) is 1. The molecule has 0 fully saturated rings. The summed E-state index contributed by atoms with van der Waals surface area (Å²) in [6.45, 7) is 3.88. The van der Waals surface area contributed by atoms with Gasteiger partial charge in [-0.3, -0.25) is 0 Å². The minimum absolute atomic E-state index is 0.111. The van der Waals surface area contributed by atoms with Crippen LogP contribution in [0.4, 0.5) is 5.69 Å². The van der Waals surface area contributed by atoms with Crippen molar-refractivity contribution in [3.63, 3.8) is 0 Å². The van der Waals surface area contributed by atoms with Gasteiger partial charge in [0.25, 0.3) is 0 Å². The zero-order valence-electron chi connectivity index (χ0n) is 10.5. The molecule has 0 saturated carbocycles. The molecule has 0 heterocycles. The van der Waals surface area contributed by atoms with E-state index in [1.54, 1.807) is 7.11 Å².